The number of aliphatic hydroxyl groups excluding tert-OH is 1. The van der Waals surface area contributed by atoms with Crippen molar-refractivity contribution in [3.8, 4) is 0 Å². The minimum Gasteiger partial charge on any atom is -0.392 e. The second kappa shape index (κ2) is 9.32. The summed E-state index contributed by atoms with van der Waals surface area (Å²) in [5.74, 6) is 0.463. The summed E-state index contributed by atoms with van der Waals surface area (Å²) in [6.45, 7) is 1.72. The quantitative estimate of drug-likeness (QED) is 0.711. The topological polar surface area (TPSA) is 76.1 Å². The summed E-state index contributed by atoms with van der Waals surface area (Å²) in [5, 5.41) is 14.3. The van der Waals surface area contributed by atoms with E-state index in [0.29, 0.717) is 16.0 Å². The number of nitrogens with zero attached hydrogens (tertiary/aromatic N) is 2. The predicted octanol–water partition coefficient (Wildman–Crippen LogP) is 3.66. The lowest BCUT2D eigenvalue weighted by Gasteiger charge is -2.29. The number of aromatic nitrogens is 2. The van der Waals surface area contributed by atoms with Crippen LogP contribution in [0.5, 0.6) is 0 Å². The van der Waals surface area contributed by atoms with Gasteiger partial charge in [0.05, 0.1) is 27.2 Å². The standard InChI is InChI=1S/C15H20Cl2N4O.2ClH/c16-9-7-12-13(8-10(9)17)21(15(18)20-12)6-2-3-11-14(22)4-1-5-19-11;;/h7-8,11,14,19,22H,1-6H2,(H2,18,20);2*1H/t11-,14+;;/m1../s1. The van der Waals surface area contributed by atoms with Gasteiger partial charge in [-0.25, -0.2) is 4.98 Å². The van der Waals surface area contributed by atoms with E-state index in [2.05, 4.69) is 10.3 Å². The molecule has 5 nitrogen and oxygen atoms in total. The lowest BCUT2D eigenvalue weighted by Crippen LogP contribution is -2.44. The van der Waals surface area contributed by atoms with Gasteiger partial charge in [0.25, 0.3) is 0 Å². The number of benzene rings is 1. The summed E-state index contributed by atoms with van der Waals surface area (Å²) in [4.78, 5) is 4.33. The number of nitrogens with two attached hydrogens (primary N) is 1. The third-order valence-corrected chi connectivity index (χ3v) is 4.99. The van der Waals surface area contributed by atoms with E-state index in [9.17, 15) is 5.11 Å². The van der Waals surface area contributed by atoms with E-state index < -0.39 is 0 Å². The molecule has 136 valence electrons. The van der Waals surface area contributed by atoms with Crippen molar-refractivity contribution in [1.29, 1.82) is 0 Å². The highest BCUT2D eigenvalue weighted by molar-refractivity contribution is 6.42. The number of halogens is 4. The average molecular weight is 416 g/mol. The molecule has 2 aromatic rings. The van der Waals surface area contributed by atoms with Gasteiger partial charge in [0, 0.05) is 12.6 Å². The number of aryl methyl sites for hydroxylation is 1. The molecule has 1 aromatic carbocycles. The summed E-state index contributed by atoms with van der Waals surface area (Å²) in [5.41, 5.74) is 7.65. The third kappa shape index (κ3) is 4.59. The minimum atomic E-state index is -0.251. The van der Waals surface area contributed by atoms with E-state index in [1.807, 2.05) is 4.57 Å². The van der Waals surface area contributed by atoms with Crippen molar-refractivity contribution in [2.24, 2.45) is 0 Å². The van der Waals surface area contributed by atoms with Crippen molar-refractivity contribution in [2.45, 2.75) is 44.4 Å². The van der Waals surface area contributed by atoms with Crippen LogP contribution in [0.15, 0.2) is 12.1 Å². The molecule has 0 aliphatic carbocycles. The van der Waals surface area contributed by atoms with E-state index in [1.165, 1.54) is 0 Å². The summed E-state index contributed by atoms with van der Waals surface area (Å²) < 4.78 is 1.95. The number of nitrogen functional groups attached to an aromatic ring is 1. The molecular weight excluding hydrogens is 394 g/mol. The third-order valence-electron chi connectivity index (χ3n) is 4.26. The fourth-order valence-electron chi connectivity index (χ4n) is 3.07. The predicted molar refractivity (Wildman–Crippen MR) is 105 cm³/mol. The number of piperidine rings is 1. The van der Waals surface area contributed by atoms with Crippen LogP contribution in [0.25, 0.3) is 11.0 Å². The Hall–Kier alpha value is -0.430. The average Bonchev–Trinajstić information content (AvgIpc) is 2.77. The highest BCUT2D eigenvalue weighted by Gasteiger charge is 2.22. The van der Waals surface area contributed by atoms with Gasteiger partial charge < -0.3 is 20.7 Å². The molecule has 1 aromatic heterocycles. The lowest BCUT2D eigenvalue weighted by molar-refractivity contribution is 0.0909. The molecule has 0 bridgehead atoms. The molecule has 2 heterocycles. The maximum Gasteiger partial charge on any atom is 0.201 e. The molecule has 24 heavy (non-hydrogen) atoms. The van der Waals surface area contributed by atoms with E-state index >= 15 is 0 Å². The van der Waals surface area contributed by atoms with Gasteiger partial charge in [-0.05, 0) is 44.4 Å². The Morgan fingerprint density at radius 2 is 2.00 bits per heavy atom. The molecule has 0 radical (unpaired) electrons. The molecule has 9 heteroatoms. The number of hydrogen-bond donors (Lipinski definition) is 3. The molecule has 4 N–H and O–H groups in total. The van der Waals surface area contributed by atoms with E-state index in [-0.39, 0.29) is 37.0 Å². The molecule has 0 spiro atoms. The van der Waals surface area contributed by atoms with Crippen LogP contribution in [0.4, 0.5) is 5.95 Å². The Bertz CT molecular complexity index is 679. The number of anilines is 1. The zero-order valence-electron chi connectivity index (χ0n) is 13.0. The number of hydrogen-bond acceptors (Lipinski definition) is 4. The van der Waals surface area contributed by atoms with Crippen LogP contribution < -0.4 is 11.1 Å². The zero-order valence-corrected chi connectivity index (χ0v) is 16.2. The van der Waals surface area contributed by atoms with Crippen LogP contribution in [-0.2, 0) is 6.54 Å². The van der Waals surface area contributed by atoms with Crippen LogP contribution in [0.1, 0.15) is 25.7 Å². The fourth-order valence-corrected chi connectivity index (χ4v) is 3.39. The number of fused-ring (bicyclic) bond motifs is 1. The monoisotopic (exact) mass is 414 g/mol. The summed E-state index contributed by atoms with van der Waals surface area (Å²) in [6, 6.07) is 3.71. The number of nitrogens with one attached hydrogen (secondary N) is 1. The van der Waals surface area contributed by atoms with Crippen molar-refractivity contribution in [3.05, 3.63) is 22.2 Å². The normalized spacial score (nSPS) is 20.5. The second-order valence-electron chi connectivity index (χ2n) is 5.79. The molecule has 0 saturated carbocycles. The van der Waals surface area contributed by atoms with Crippen LogP contribution >= 0.6 is 48.0 Å². The molecular formula is C15H22Cl4N4O. The smallest absolute Gasteiger partial charge is 0.201 e. The maximum absolute atomic E-state index is 9.98. The van der Waals surface area contributed by atoms with Gasteiger partial charge in [0.2, 0.25) is 5.95 Å². The number of imidazole rings is 1. The first-order valence-electron chi connectivity index (χ1n) is 7.58. The van der Waals surface area contributed by atoms with Gasteiger partial charge >= 0.3 is 0 Å². The van der Waals surface area contributed by atoms with Crippen molar-refractivity contribution >= 4 is 65.0 Å². The molecule has 0 amide bonds. The molecule has 1 aliphatic rings. The zero-order chi connectivity index (χ0) is 15.7. The van der Waals surface area contributed by atoms with Crippen LogP contribution in [0.2, 0.25) is 10.0 Å². The van der Waals surface area contributed by atoms with Crippen molar-refractivity contribution in [3.63, 3.8) is 0 Å². The lowest BCUT2D eigenvalue weighted by atomic mass is 9.97. The van der Waals surface area contributed by atoms with Gasteiger partial charge in [-0.15, -0.1) is 24.8 Å². The molecule has 3 rings (SSSR count). The molecule has 1 fully saturated rings. The minimum absolute atomic E-state index is 0. The SMILES string of the molecule is Cl.Cl.Nc1nc2cc(Cl)c(Cl)cc2n1CCC[C@H]1NCCC[C@@H]1O. The Morgan fingerprint density at radius 3 is 2.71 bits per heavy atom. The Labute approximate surface area is 163 Å². The van der Waals surface area contributed by atoms with Gasteiger partial charge in [-0.2, -0.15) is 0 Å². The van der Waals surface area contributed by atoms with Gasteiger partial charge in [-0.1, -0.05) is 23.2 Å². The Balaban J connectivity index is 0.00000144. The second-order valence-corrected chi connectivity index (χ2v) is 6.60. The summed E-state index contributed by atoms with van der Waals surface area (Å²) in [6.07, 6.45) is 3.48. The van der Waals surface area contributed by atoms with Crippen molar-refractivity contribution in [2.75, 3.05) is 12.3 Å². The highest BCUT2D eigenvalue weighted by atomic mass is 35.5. The summed E-state index contributed by atoms with van der Waals surface area (Å²) >= 11 is 12.1. The summed E-state index contributed by atoms with van der Waals surface area (Å²) in [7, 11) is 0. The van der Waals surface area contributed by atoms with Gasteiger partial charge in [0.15, 0.2) is 0 Å². The number of aliphatic hydroxyl groups is 1. The van der Waals surface area contributed by atoms with E-state index in [0.717, 1.165) is 49.8 Å². The molecule has 1 saturated heterocycles. The van der Waals surface area contributed by atoms with Gasteiger partial charge in [0.1, 0.15) is 0 Å². The van der Waals surface area contributed by atoms with Gasteiger partial charge in [-0.3, -0.25) is 0 Å². The van der Waals surface area contributed by atoms with Crippen molar-refractivity contribution < 1.29 is 5.11 Å². The van der Waals surface area contributed by atoms with Crippen molar-refractivity contribution in [1.82, 2.24) is 14.9 Å². The Kier molecular flexibility index (Phi) is 8.39. The molecule has 1 aliphatic heterocycles. The molecule has 2 atom stereocenters. The van der Waals surface area contributed by atoms with Crippen LogP contribution in [0, 0.1) is 0 Å². The van der Waals surface area contributed by atoms with E-state index in [4.69, 9.17) is 28.9 Å². The first kappa shape index (κ1) is 21.6. The first-order valence-corrected chi connectivity index (χ1v) is 8.34. The Morgan fingerprint density at radius 1 is 1.29 bits per heavy atom. The van der Waals surface area contributed by atoms with Crippen LogP contribution in [-0.4, -0.2) is 33.3 Å². The first-order chi connectivity index (χ1) is 10.6. The largest absolute Gasteiger partial charge is 0.392 e. The van der Waals surface area contributed by atoms with Crippen LogP contribution in [0.3, 0.4) is 0 Å². The molecule has 0 unspecified atom stereocenters. The fraction of sp³-hybridized carbons (Fsp3) is 0.533. The van der Waals surface area contributed by atoms with E-state index in [1.54, 1.807) is 12.1 Å². The number of rotatable bonds is 4. The maximum atomic E-state index is 9.98. The highest BCUT2D eigenvalue weighted by Crippen LogP contribution is 2.29.